The lowest BCUT2D eigenvalue weighted by Gasteiger charge is -2.30. The zero-order valence-electron chi connectivity index (χ0n) is 16.3. The van der Waals surface area contributed by atoms with Crippen LogP contribution < -0.4 is 0 Å². The number of carbonyl (C=O) groups is 3. The van der Waals surface area contributed by atoms with Crippen LogP contribution in [-0.2, 0) is 19.7 Å². The molecule has 11 heteroatoms. The highest BCUT2D eigenvalue weighted by molar-refractivity contribution is 7.89. The Balaban J connectivity index is 1.41. The minimum atomic E-state index is -3.80. The number of hydroxylamine groups is 2. The monoisotopic (exact) mass is 433 g/mol. The summed E-state index contributed by atoms with van der Waals surface area (Å²) >= 11 is 0. The second-order valence-electron chi connectivity index (χ2n) is 7.19. The number of imide groups is 1. The molecule has 0 aliphatic carbocycles. The topological polar surface area (TPSA) is 127 Å². The zero-order valence-corrected chi connectivity index (χ0v) is 17.1. The molecule has 2 aliphatic heterocycles. The van der Waals surface area contributed by atoms with E-state index in [1.165, 1.54) is 23.4 Å². The van der Waals surface area contributed by atoms with Crippen molar-refractivity contribution >= 4 is 27.8 Å². The molecule has 2 amide bonds. The Bertz CT molecular complexity index is 1090. The molecule has 0 N–H and O–H groups in total. The number of hydrogen-bond donors (Lipinski definition) is 0. The van der Waals surface area contributed by atoms with Crippen LogP contribution >= 0.6 is 0 Å². The Hall–Kier alpha value is -3.05. The second kappa shape index (κ2) is 7.33. The quantitative estimate of drug-likeness (QED) is 0.663. The number of carbonyl (C=O) groups excluding carboxylic acids is 3. The molecular formula is C19H19N3O7S. The summed E-state index contributed by atoms with van der Waals surface area (Å²) in [5, 5.41) is 4.16. The van der Waals surface area contributed by atoms with Crippen molar-refractivity contribution in [3.05, 3.63) is 46.8 Å². The van der Waals surface area contributed by atoms with Crippen LogP contribution in [0.15, 0.2) is 33.7 Å². The van der Waals surface area contributed by atoms with Crippen molar-refractivity contribution in [1.82, 2.24) is 14.5 Å². The van der Waals surface area contributed by atoms with Crippen molar-refractivity contribution in [2.24, 2.45) is 5.92 Å². The lowest BCUT2D eigenvalue weighted by molar-refractivity contribution is -0.175. The molecule has 2 aromatic rings. The summed E-state index contributed by atoms with van der Waals surface area (Å²) in [5.74, 6) is -2.55. The maximum atomic E-state index is 12.9. The van der Waals surface area contributed by atoms with Gasteiger partial charge >= 0.3 is 5.97 Å². The minimum Gasteiger partial charge on any atom is -0.360 e. The van der Waals surface area contributed by atoms with E-state index in [-0.39, 0.29) is 53.4 Å². The first-order chi connectivity index (χ1) is 14.2. The summed E-state index contributed by atoms with van der Waals surface area (Å²) in [7, 11) is -3.80. The van der Waals surface area contributed by atoms with E-state index in [0.717, 1.165) is 0 Å². The molecule has 0 unspecified atom stereocenters. The van der Waals surface area contributed by atoms with Crippen LogP contribution in [0.4, 0.5) is 0 Å². The minimum absolute atomic E-state index is 0.0366. The van der Waals surface area contributed by atoms with Crippen molar-refractivity contribution in [3.8, 4) is 0 Å². The zero-order chi connectivity index (χ0) is 21.6. The van der Waals surface area contributed by atoms with E-state index in [4.69, 9.17) is 9.36 Å². The molecule has 0 radical (unpaired) electrons. The summed E-state index contributed by atoms with van der Waals surface area (Å²) in [6, 6.07) is 6.21. The highest BCUT2D eigenvalue weighted by Gasteiger charge is 2.41. The smallest absolute Gasteiger partial charge is 0.336 e. The van der Waals surface area contributed by atoms with Crippen molar-refractivity contribution < 1.29 is 32.2 Å². The van der Waals surface area contributed by atoms with Crippen LogP contribution in [-0.4, -0.2) is 53.8 Å². The SMILES string of the molecule is Cc1noc(C)c1S(=O)(=O)N1CCC(C(=O)ON2C(=O)c3ccccc3C2=O)CC1. The lowest BCUT2D eigenvalue weighted by atomic mass is 9.99. The van der Waals surface area contributed by atoms with Gasteiger partial charge < -0.3 is 9.36 Å². The van der Waals surface area contributed by atoms with Gasteiger partial charge in [-0.25, -0.2) is 13.2 Å². The van der Waals surface area contributed by atoms with Crippen LogP contribution in [0.2, 0.25) is 0 Å². The first-order valence-corrected chi connectivity index (χ1v) is 10.8. The highest BCUT2D eigenvalue weighted by atomic mass is 32.2. The fourth-order valence-electron chi connectivity index (χ4n) is 3.72. The van der Waals surface area contributed by atoms with Gasteiger partial charge in [0.1, 0.15) is 10.6 Å². The van der Waals surface area contributed by atoms with Crippen LogP contribution in [0.25, 0.3) is 0 Å². The number of aromatic nitrogens is 1. The molecule has 1 aromatic carbocycles. The average Bonchev–Trinajstić information content (AvgIpc) is 3.20. The summed E-state index contributed by atoms with van der Waals surface area (Å²) in [6.45, 7) is 3.26. The summed E-state index contributed by atoms with van der Waals surface area (Å²) in [5.41, 5.74) is 0.631. The van der Waals surface area contributed by atoms with E-state index >= 15 is 0 Å². The number of fused-ring (bicyclic) bond motifs is 1. The molecule has 10 nitrogen and oxygen atoms in total. The van der Waals surface area contributed by atoms with Crippen molar-refractivity contribution in [2.45, 2.75) is 31.6 Å². The maximum absolute atomic E-state index is 12.9. The number of sulfonamides is 1. The molecule has 1 fully saturated rings. The molecule has 0 atom stereocenters. The number of aryl methyl sites for hydroxylation is 2. The predicted molar refractivity (Wildman–Crippen MR) is 100 cm³/mol. The largest absolute Gasteiger partial charge is 0.360 e. The van der Waals surface area contributed by atoms with Crippen molar-refractivity contribution in [2.75, 3.05) is 13.1 Å². The average molecular weight is 433 g/mol. The summed E-state index contributed by atoms with van der Waals surface area (Å²) in [6.07, 6.45) is 0.398. The molecule has 3 heterocycles. The third kappa shape index (κ3) is 3.19. The Morgan fingerprint density at radius 3 is 2.17 bits per heavy atom. The van der Waals surface area contributed by atoms with Gasteiger partial charge in [0.2, 0.25) is 10.0 Å². The molecule has 2 aliphatic rings. The van der Waals surface area contributed by atoms with Gasteiger partial charge in [0.25, 0.3) is 11.8 Å². The van der Waals surface area contributed by atoms with Gasteiger partial charge in [-0.1, -0.05) is 22.4 Å². The van der Waals surface area contributed by atoms with Crippen molar-refractivity contribution in [1.29, 1.82) is 0 Å². The predicted octanol–water partition coefficient (Wildman–Crippen LogP) is 1.45. The molecule has 0 saturated carbocycles. The van der Waals surface area contributed by atoms with Gasteiger partial charge in [0.15, 0.2) is 5.76 Å². The van der Waals surface area contributed by atoms with E-state index in [2.05, 4.69) is 5.16 Å². The van der Waals surface area contributed by atoms with Gasteiger partial charge in [-0.3, -0.25) is 9.59 Å². The van der Waals surface area contributed by atoms with E-state index in [1.54, 1.807) is 19.1 Å². The molecule has 4 rings (SSSR count). The number of nitrogens with zero attached hydrogens (tertiary/aromatic N) is 3. The normalized spacial score (nSPS) is 18.0. The molecule has 1 aromatic heterocycles. The second-order valence-corrected chi connectivity index (χ2v) is 9.07. The van der Waals surface area contributed by atoms with Gasteiger partial charge in [-0.2, -0.15) is 4.31 Å². The Morgan fingerprint density at radius 1 is 1.10 bits per heavy atom. The number of piperidine rings is 1. The third-order valence-electron chi connectivity index (χ3n) is 5.29. The van der Waals surface area contributed by atoms with Crippen LogP contribution in [0.3, 0.4) is 0 Å². The Labute approximate surface area is 172 Å². The number of benzene rings is 1. The standard InChI is InChI=1S/C19H19N3O7S/c1-11-16(12(2)28-20-11)30(26,27)21-9-7-13(8-10-21)19(25)29-22-17(23)14-5-3-4-6-15(14)18(22)24/h3-6,13H,7-10H2,1-2H3. The maximum Gasteiger partial charge on any atom is 0.336 e. The van der Waals surface area contributed by atoms with Crippen molar-refractivity contribution in [3.63, 3.8) is 0 Å². The van der Waals surface area contributed by atoms with Gasteiger partial charge in [-0.15, -0.1) is 0 Å². The van der Waals surface area contributed by atoms with Crippen LogP contribution in [0.5, 0.6) is 0 Å². The van der Waals surface area contributed by atoms with E-state index in [0.29, 0.717) is 5.06 Å². The van der Waals surface area contributed by atoms with Crippen LogP contribution in [0, 0.1) is 19.8 Å². The summed E-state index contributed by atoms with van der Waals surface area (Å²) in [4.78, 5) is 42.3. The van der Waals surface area contributed by atoms with Gasteiger partial charge in [0.05, 0.1) is 17.0 Å². The van der Waals surface area contributed by atoms with Gasteiger partial charge in [0, 0.05) is 13.1 Å². The molecule has 1 saturated heterocycles. The highest BCUT2D eigenvalue weighted by Crippen LogP contribution is 2.29. The fraction of sp³-hybridized carbons (Fsp3) is 0.368. The lowest BCUT2D eigenvalue weighted by Crippen LogP contribution is -2.42. The Morgan fingerprint density at radius 2 is 1.67 bits per heavy atom. The molecule has 0 bridgehead atoms. The van der Waals surface area contributed by atoms with E-state index in [9.17, 15) is 22.8 Å². The molecule has 30 heavy (non-hydrogen) atoms. The first-order valence-electron chi connectivity index (χ1n) is 9.34. The molecular weight excluding hydrogens is 414 g/mol. The molecule has 0 spiro atoms. The van der Waals surface area contributed by atoms with Gasteiger partial charge in [-0.05, 0) is 38.8 Å². The van der Waals surface area contributed by atoms with Crippen LogP contribution in [0.1, 0.15) is 45.0 Å². The Kier molecular flexibility index (Phi) is 4.94. The third-order valence-corrected chi connectivity index (χ3v) is 7.43. The molecule has 158 valence electrons. The number of rotatable bonds is 4. The first kappa shape index (κ1) is 20.2. The number of hydrogen-bond acceptors (Lipinski definition) is 8. The van der Waals surface area contributed by atoms with E-state index in [1.807, 2.05) is 0 Å². The fourth-order valence-corrected chi connectivity index (χ4v) is 5.48. The summed E-state index contributed by atoms with van der Waals surface area (Å²) < 4.78 is 32.0. The van der Waals surface area contributed by atoms with E-state index < -0.39 is 33.7 Å². The number of amides is 2.